The molecule has 13 nitrogen and oxygen atoms in total. The number of hydrogen-bond acceptors (Lipinski definition) is 10. The van der Waals surface area contributed by atoms with Gasteiger partial charge in [-0.3, -0.25) is 19.2 Å². The third-order valence-electron chi connectivity index (χ3n) is 9.68. The topological polar surface area (TPSA) is 150 Å². The molecule has 51 heavy (non-hydrogen) atoms. The Balaban J connectivity index is 0.00000200. The summed E-state index contributed by atoms with van der Waals surface area (Å²) in [6.45, 7) is 7.14. The van der Waals surface area contributed by atoms with Crippen molar-refractivity contribution in [2.24, 2.45) is 5.92 Å². The van der Waals surface area contributed by atoms with Crippen LogP contribution in [-0.4, -0.2) is 68.8 Å². The van der Waals surface area contributed by atoms with Crippen LogP contribution >= 0.6 is 0 Å². The molecular weight excluding hydrogens is 646 g/mol. The van der Waals surface area contributed by atoms with Crippen LogP contribution in [0.2, 0.25) is 0 Å². The molecule has 2 fully saturated rings. The first-order chi connectivity index (χ1) is 24.9. The summed E-state index contributed by atoms with van der Waals surface area (Å²) >= 11 is 0. The number of rotatable bonds is 8. The molecule has 0 radical (unpaired) electrons. The van der Waals surface area contributed by atoms with Gasteiger partial charge in [0.2, 0.25) is 5.91 Å². The van der Waals surface area contributed by atoms with E-state index in [1.165, 1.54) is 12.8 Å². The zero-order chi connectivity index (χ0) is 35.6. The fraction of sp³-hybridized carbons (Fsp3) is 0.368. The molecule has 3 aliphatic rings. The van der Waals surface area contributed by atoms with Crippen LogP contribution in [0.3, 0.4) is 0 Å². The Kier molecular flexibility index (Phi) is 9.54. The van der Waals surface area contributed by atoms with E-state index in [9.17, 15) is 14.4 Å². The van der Waals surface area contributed by atoms with Crippen LogP contribution in [0.15, 0.2) is 65.7 Å². The SMILES string of the molecule is CC.COC(=O)c1cccc(CN2CCC(n3ncc4c3CN(C)c3c(Nc5cc(NC(=O)C6CC6)nc6cc[nH]c(=O)c56)cccc3-4)CC2)n1. The Morgan fingerprint density at radius 2 is 1.76 bits per heavy atom. The number of esters is 1. The molecule has 264 valence electrons. The van der Waals surface area contributed by atoms with Gasteiger partial charge in [0, 0.05) is 56.0 Å². The zero-order valence-corrected chi connectivity index (χ0v) is 29.4. The quantitative estimate of drug-likeness (QED) is 0.169. The molecule has 1 aliphatic carbocycles. The number of methoxy groups -OCH3 is 1. The van der Waals surface area contributed by atoms with Gasteiger partial charge in [0.25, 0.3) is 5.56 Å². The lowest BCUT2D eigenvalue weighted by Gasteiger charge is -2.35. The molecule has 4 aromatic heterocycles. The number of piperidine rings is 1. The van der Waals surface area contributed by atoms with Gasteiger partial charge in [0.1, 0.15) is 11.5 Å². The molecule has 3 N–H and O–H groups in total. The lowest BCUT2D eigenvalue weighted by atomic mass is 9.97. The van der Waals surface area contributed by atoms with Gasteiger partial charge in [0.15, 0.2) is 0 Å². The number of likely N-dealkylation sites (tertiary alicyclic amines) is 1. The third-order valence-corrected chi connectivity index (χ3v) is 9.68. The van der Waals surface area contributed by atoms with E-state index in [1.807, 2.05) is 44.3 Å². The number of nitrogens with zero attached hydrogens (tertiary/aromatic N) is 6. The van der Waals surface area contributed by atoms with E-state index >= 15 is 0 Å². The lowest BCUT2D eigenvalue weighted by molar-refractivity contribution is -0.117. The maximum atomic E-state index is 13.0. The number of hydrogen-bond donors (Lipinski definition) is 3. The second-order valence-electron chi connectivity index (χ2n) is 13.0. The number of nitrogens with one attached hydrogen (secondary N) is 3. The van der Waals surface area contributed by atoms with Gasteiger partial charge in [-0.15, -0.1) is 0 Å². The second kappa shape index (κ2) is 14.4. The number of para-hydroxylation sites is 1. The Bertz CT molecular complexity index is 2150. The Labute approximate surface area is 296 Å². The normalized spacial score (nSPS) is 15.7. The Morgan fingerprint density at radius 1 is 0.980 bits per heavy atom. The summed E-state index contributed by atoms with van der Waals surface area (Å²) in [5.74, 6) is -0.0314. The highest BCUT2D eigenvalue weighted by Gasteiger charge is 2.32. The van der Waals surface area contributed by atoms with E-state index in [4.69, 9.17) is 9.84 Å². The van der Waals surface area contributed by atoms with Gasteiger partial charge >= 0.3 is 5.97 Å². The van der Waals surface area contributed by atoms with E-state index in [-0.39, 0.29) is 23.4 Å². The molecule has 1 aromatic carbocycles. The second-order valence-corrected chi connectivity index (χ2v) is 13.0. The van der Waals surface area contributed by atoms with Crippen LogP contribution in [-0.2, 0) is 22.6 Å². The molecule has 6 heterocycles. The van der Waals surface area contributed by atoms with Crippen molar-refractivity contribution in [2.75, 3.05) is 42.8 Å². The van der Waals surface area contributed by atoms with E-state index in [0.717, 1.165) is 67.0 Å². The molecule has 1 saturated heterocycles. The fourth-order valence-electron chi connectivity index (χ4n) is 7.07. The number of carbonyl (C=O) groups is 2. The first kappa shape index (κ1) is 33.9. The van der Waals surface area contributed by atoms with Crippen molar-refractivity contribution >= 4 is 45.7 Å². The number of benzene rings is 1. The van der Waals surface area contributed by atoms with Crippen molar-refractivity contribution < 1.29 is 14.3 Å². The molecule has 13 heteroatoms. The molecule has 0 unspecified atom stereocenters. The van der Waals surface area contributed by atoms with Crippen molar-refractivity contribution in [1.82, 2.24) is 29.6 Å². The maximum absolute atomic E-state index is 13.0. The van der Waals surface area contributed by atoms with Crippen LogP contribution in [0.25, 0.3) is 22.0 Å². The number of ether oxygens (including phenoxy) is 1. The monoisotopic (exact) mass is 689 g/mol. The van der Waals surface area contributed by atoms with Crippen molar-refractivity contribution in [1.29, 1.82) is 0 Å². The third kappa shape index (κ3) is 6.81. The number of aromatic nitrogens is 5. The number of pyridine rings is 3. The first-order valence-electron chi connectivity index (χ1n) is 17.6. The summed E-state index contributed by atoms with van der Waals surface area (Å²) in [5.41, 5.74) is 7.16. The predicted octanol–water partition coefficient (Wildman–Crippen LogP) is 5.87. The number of amides is 1. The Morgan fingerprint density at radius 3 is 2.53 bits per heavy atom. The van der Waals surface area contributed by atoms with Crippen molar-refractivity contribution in [2.45, 2.75) is 58.7 Å². The number of anilines is 4. The molecule has 1 amide bonds. The summed E-state index contributed by atoms with van der Waals surface area (Å²) < 4.78 is 7.03. The molecular formula is C38H43N9O4. The number of fused-ring (bicyclic) bond motifs is 4. The minimum atomic E-state index is -0.428. The van der Waals surface area contributed by atoms with Crippen LogP contribution < -0.4 is 21.1 Å². The van der Waals surface area contributed by atoms with E-state index in [2.05, 4.69) is 53.2 Å². The van der Waals surface area contributed by atoms with E-state index in [0.29, 0.717) is 41.2 Å². The van der Waals surface area contributed by atoms with Crippen molar-refractivity contribution in [3.8, 4) is 11.1 Å². The van der Waals surface area contributed by atoms with Gasteiger partial charge in [-0.25, -0.2) is 14.8 Å². The highest BCUT2D eigenvalue weighted by Crippen LogP contribution is 2.45. The largest absolute Gasteiger partial charge is 0.464 e. The van der Waals surface area contributed by atoms with E-state index < -0.39 is 5.97 Å². The standard InChI is InChI=1S/C36H37N9O4.C2H6/c1-43-20-30-25(18-38-45(30)23-12-15-44(16-13-23)19-22-5-3-8-28(39-22)36(48)49-2)24-6-4-7-27(33(24)43)40-29-17-31(42-34(46)21-9-10-21)41-26-11-14-37-35(47)32(26)29;1-2/h3-8,11,14,17-18,21,23H,9-10,12-13,15-16,19-20H2,1-2H3,(H,37,47)(H2,40,41,42,46);1-2H3. The summed E-state index contributed by atoms with van der Waals surface area (Å²) in [6.07, 6.45) is 7.21. The van der Waals surface area contributed by atoms with Crippen molar-refractivity contribution in [3.63, 3.8) is 0 Å². The minimum Gasteiger partial charge on any atom is -0.464 e. The van der Waals surface area contributed by atoms with Gasteiger partial charge in [0.05, 0.1) is 65.2 Å². The van der Waals surface area contributed by atoms with Crippen LogP contribution in [0, 0.1) is 5.92 Å². The summed E-state index contributed by atoms with van der Waals surface area (Å²) in [5, 5.41) is 11.8. The maximum Gasteiger partial charge on any atom is 0.356 e. The lowest BCUT2D eigenvalue weighted by Crippen LogP contribution is -2.36. The summed E-state index contributed by atoms with van der Waals surface area (Å²) in [6, 6.07) is 15.3. The van der Waals surface area contributed by atoms with Gasteiger partial charge in [-0.2, -0.15) is 5.10 Å². The average Bonchev–Trinajstić information content (AvgIpc) is 3.92. The number of aromatic amines is 1. The molecule has 8 rings (SSSR count). The number of carbonyl (C=O) groups excluding carboxylic acids is 2. The smallest absolute Gasteiger partial charge is 0.356 e. The molecule has 5 aromatic rings. The summed E-state index contributed by atoms with van der Waals surface area (Å²) in [7, 11) is 3.44. The van der Waals surface area contributed by atoms with Gasteiger partial charge < -0.3 is 25.3 Å². The highest BCUT2D eigenvalue weighted by molar-refractivity contribution is 6.00. The van der Waals surface area contributed by atoms with Crippen molar-refractivity contribution in [3.05, 3.63) is 88.4 Å². The predicted molar refractivity (Wildman–Crippen MR) is 197 cm³/mol. The zero-order valence-electron chi connectivity index (χ0n) is 29.4. The first-order valence-corrected chi connectivity index (χ1v) is 17.6. The molecule has 1 saturated carbocycles. The highest BCUT2D eigenvalue weighted by atomic mass is 16.5. The van der Waals surface area contributed by atoms with Gasteiger partial charge in [-0.05, 0) is 49.9 Å². The van der Waals surface area contributed by atoms with Crippen LogP contribution in [0.5, 0.6) is 0 Å². The summed E-state index contributed by atoms with van der Waals surface area (Å²) in [4.78, 5) is 53.9. The number of H-pyrrole nitrogens is 1. The molecule has 0 bridgehead atoms. The van der Waals surface area contributed by atoms with Crippen LogP contribution in [0.1, 0.15) is 67.4 Å². The van der Waals surface area contributed by atoms with E-state index in [1.54, 1.807) is 24.4 Å². The molecule has 0 spiro atoms. The van der Waals surface area contributed by atoms with Gasteiger partial charge in [-0.1, -0.05) is 32.0 Å². The average molecular weight is 690 g/mol. The molecule has 0 atom stereocenters. The minimum absolute atomic E-state index is 0.0277. The Hall–Kier alpha value is -5.56. The molecule has 2 aliphatic heterocycles. The fourth-order valence-corrected chi connectivity index (χ4v) is 7.07. The van der Waals surface area contributed by atoms with Crippen LogP contribution in [0.4, 0.5) is 22.9 Å².